The van der Waals surface area contributed by atoms with Gasteiger partial charge in [0.25, 0.3) is 0 Å². The number of nitrogens with two attached hydrogens (primary N) is 1. The highest BCUT2D eigenvalue weighted by Crippen LogP contribution is 2.27. The standard InChI is InChI=1S/C13H25N3O/c1-9(2)11(7-14)13(17)15-12-8-16-5-3-10(12)4-6-16/h9-12H,3-8,14H2,1-2H3,(H,15,17). The molecule has 3 saturated heterocycles. The first kappa shape index (κ1) is 12.8. The Hall–Kier alpha value is -0.610. The third kappa shape index (κ3) is 2.80. The molecule has 2 unspecified atom stereocenters. The lowest BCUT2D eigenvalue weighted by atomic mass is 9.83. The Morgan fingerprint density at radius 2 is 2.06 bits per heavy atom. The summed E-state index contributed by atoms with van der Waals surface area (Å²) >= 11 is 0. The highest BCUT2D eigenvalue weighted by molar-refractivity contribution is 5.79. The quantitative estimate of drug-likeness (QED) is 0.748. The van der Waals surface area contributed by atoms with Gasteiger partial charge in [0.15, 0.2) is 0 Å². The minimum atomic E-state index is -0.0366. The molecule has 0 saturated carbocycles. The summed E-state index contributed by atoms with van der Waals surface area (Å²) in [5.41, 5.74) is 5.68. The Labute approximate surface area is 104 Å². The van der Waals surface area contributed by atoms with Gasteiger partial charge < -0.3 is 16.0 Å². The summed E-state index contributed by atoms with van der Waals surface area (Å²) < 4.78 is 0. The molecule has 4 nitrogen and oxygen atoms in total. The number of hydrogen-bond acceptors (Lipinski definition) is 3. The van der Waals surface area contributed by atoms with Crippen LogP contribution in [-0.2, 0) is 4.79 Å². The largest absolute Gasteiger partial charge is 0.352 e. The van der Waals surface area contributed by atoms with Gasteiger partial charge in [-0.15, -0.1) is 0 Å². The topological polar surface area (TPSA) is 58.4 Å². The van der Waals surface area contributed by atoms with Crippen molar-refractivity contribution in [3.63, 3.8) is 0 Å². The monoisotopic (exact) mass is 239 g/mol. The number of amides is 1. The lowest BCUT2D eigenvalue weighted by Gasteiger charge is -2.45. The van der Waals surface area contributed by atoms with Gasteiger partial charge in [-0.25, -0.2) is 0 Å². The Morgan fingerprint density at radius 3 is 2.47 bits per heavy atom. The van der Waals surface area contributed by atoms with Crippen molar-refractivity contribution in [1.29, 1.82) is 0 Å². The molecule has 17 heavy (non-hydrogen) atoms. The van der Waals surface area contributed by atoms with E-state index >= 15 is 0 Å². The number of hydrogen-bond donors (Lipinski definition) is 2. The van der Waals surface area contributed by atoms with Gasteiger partial charge in [-0.3, -0.25) is 4.79 Å². The van der Waals surface area contributed by atoms with E-state index in [1.807, 2.05) is 0 Å². The number of carbonyl (C=O) groups is 1. The number of fused-ring (bicyclic) bond motifs is 3. The SMILES string of the molecule is CC(C)C(CN)C(=O)NC1CN2CCC1CC2. The molecule has 0 aliphatic carbocycles. The summed E-state index contributed by atoms with van der Waals surface area (Å²) in [6.45, 7) is 8.03. The maximum Gasteiger partial charge on any atom is 0.224 e. The van der Waals surface area contributed by atoms with Crippen LogP contribution in [0.2, 0.25) is 0 Å². The summed E-state index contributed by atoms with van der Waals surface area (Å²) in [6, 6.07) is 0.359. The Morgan fingerprint density at radius 1 is 1.41 bits per heavy atom. The second kappa shape index (κ2) is 5.36. The molecule has 3 aliphatic heterocycles. The molecular formula is C13H25N3O. The normalized spacial score (nSPS) is 33.8. The zero-order chi connectivity index (χ0) is 12.4. The van der Waals surface area contributed by atoms with Crippen LogP contribution in [0.25, 0.3) is 0 Å². The molecule has 3 fully saturated rings. The molecular weight excluding hydrogens is 214 g/mol. The fourth-order valence-electron chi connectivity index (χ4n) is 3.10. The van der Waals surface area contributed by atoms with Crippen LogP contribution in [0.4, 0.5) is 0 Å². The van der Waals surface area contributed by atoms with E-state index < -0.39 is 0 Å². The molecule has 3 rings (SSSR count). The fourth-order valence-corrected chi connectivity index (χ4v) is 3.10. The van der Waals surface area contributed by atoms with Crippen LogP contribution in [0.1, 0.15) is 26.7 Å². The summed E-state index contributed by atoms with van der Waals surface area (Å²) in [5, 5.41) is 3.22. The van der Waals surface area contributed by atoms with Crippen LogP contribution in [0.5, 0.6) is 0 Å². The van der Waals surface area contributed by atoms with Crippen molar-refractivity contribution < 1.29 is 4.79 Å². The number of rotatable bonds is 4. The fraction of sp³-hybridized carbons (Fsp3) is 0.923. The zero-order valence-corrected chi connectivity index (χ0v) is 11.0. The van der Waals surface area contributed by atoms with Crippen LogP contribution < -0.4 is 11.1 Å². The van der Waals surface area contributed by atoms with Gasteiger partial charge in [0.2, 0.25) is 5.91 Å². The smallest absolute Gasteiger partial charge is 0.224 e. The van der Waals surface area contributed by atoms with E-state index in [0.29, 0.717) is 24.4 Å². The third-order valence-electron chi connectivity index (χ3n) is 4.38. The molecule has 2 bridgehead atoms. The Kier molecular flexibility index (Phi) is 4.05. The van der Waals surface area contributed by atoms with Crippen LogP contribution in [0.3, 0.4) is 0 Å². The van der Waals surface area contributed by atoms with Crippen molar-refractivity contribution in [2.75, 3.05) is 26.2 Å². The molecule has 0 aromatic rings. The Balaban J connectivity index is 1.90. The van der Waals surface area contributed by atoms with Crippen LogP contribution >= 0.6 is 0 Å². The van der Waals surface area contributed by atoms with Gasteiger partial charge in [-0.2, -0.15) is 0 Å². The van der Waals surface area contributed by atoms with Crippen molar-refractivity contribution in [3.05, 3.63) is 0 Å². The molecule has 0 aromatic heterocycles. The first-order valence-corrected chi connectivity index (χ1v) is 6.84. The molecule has 0 spiro atoms. The highest BCUT2D eigenvalue weighted by atomic mass is 16.2. The summed E-state index contributed by atoms with van der Waals surface area (Å²) in [5.74, 6) is 1.13. The first-order valence-electron chi connectivity index (χ1n) is 6.84. The minimum Gasteiger partial charge on any atom is -0.352 e. The minimum absolute atomic E-state index is 0.0366. The molecule has 2 atom stereocenters. The van der Waals surface area contributed by atoms with Gasteiger partial charge in [0, 0.05) is 19.1 Å². The van der Waals surface area contributed by atoms with Crippen LogP contribution in [0.15, 0.2) is 0 Å². The summed E-state index contributed by atoms with van der Waals surface area (Å²) in [4.78, 5) is 14.6. The number of carbonyl (C=O) groups excluding carboxylic acids is 1. The van der Waals surface area contributed by atoms with E-state index in [1.54, 1.807) is 0 Å². The van der Waals surface area contributed by atoms with Crippen molar-refractivity contribution in [2.24, 2.45) is 23.5 Å². The van der Waals surface area contributed by atoms with Crippen LogP contribution in [0, 0.1) is 17.8 Å². The zero-order valence-electron chi connectivity index (χ0n) is 11.0. The average molecular weight is 239 g/mol. The van der Waals surface area contributed by atoms with E-state index in [0.717, 1.165) is 6.54 Å². The lowest BCUT2D eigenvalue weighted by molar-refractivity contribution is -0.128. The van der Waals surface area contributed by atoms with Crippen molar-refractivity contribution in [2.45, 2.75) is 32.7 Å². The summed E-state index contributed by atoms with van der Waals surface area (Å²) in [6.07, 6.45) is 2.47. The highest BCUT2D eigenvalue weighted by Gasteiger charge is 2.35. The number of piperidine rings is 3. The average Bonchev–Trinajstić information content (AvgIpc) is 2.30. The van der Waals surface area contributed by atoms with Crippen molar-refractivity contribution in [1.82, 2.24) is 10.2 Å². The molecule has 1 amide bonds. The molecule has 0 radical (unpaired) electrons. The van der Waals surface area contributed by atoms with E-state index in [4.69, 9.17) is 5.73 Å². The summed E-state index contributed by atoms with van der Waals surface area (Å²) in [7, 11) is 0. The maximum absolute atomic E-state index is 12.2. The van der Waals surface area contributed by atoms with Gasteiger partial charge >= 0.3 is 0 Å². The molecule has 98 valence electrons. The Bertz CT molecular complexity index is 272. The van der Waals surface area contributed by atoms with Gasteiger partial charge in [-0.1, -0.05) is 13.8 Å². The van der Waals surface area contributed by atoms with Crippen molar-refractivity contribution >= 4 is 5.91 Å². The van der Waals surface area contributed by atoms with Crippen LogP contribution in [-0.4, -0.2) is 43.0 Å². The van der Waals surface area contributed by atoms with Crippen molar-refractivity contribution in [3.8, 4) is 0 Å². The van der Waals surface area contributed by atoms with E-state index in [2.05, 4.69) is 24.1 Å². The van der Waals surface area contributed by atoms with E-state index in [-0.39, 0.29) is 11.8 Å². The van der Waals surface area contributed by atoms with Gasteiger partial charge in [0.05, 0.1) is 5.92 Å². The second-order valence-corrected chi connectivity index (χ2v) is 5.84. The number of nitrogens with one attached hydrogen (secondary N) is 1. The van der Waals surface area contributed by atoms with E-state index in [9.17, 15) is 4.79 Å². The molecule has 4 heteroatoms. The lowest BCUT2D eigenvalue weighted by Crippen LogP contribution is -2.58. The predicted octanol–water partition coefficient (Wildman–Crippen LogP) is 0.428. The molecule has 3 heterocycles. The first-order chi connectivity index (χ1) is 8.11. The van der Waals surface area contributed by atoms with Gasteiger partial charge in [0.1, 0.15) is 0 Å². The second-order valence-electron chi connectivity index (χ2n) is 5.84. The maximum atomic E-state index is 12.2. The van der Waals surface area contributed by atoms with Gasteiger partial charge in [-0.05, 0) is 37.8 Å². The molecule has 0 aromatic carbocycles. The molecule has 3 aliphatic rings. The number of nitrogens with zero attached hydrogens (tertiary/aromatic N) is 1. The van der Waals surface area contributed by atoms with E-state index in [1.165, 1.54) is 25.9 Å². The molecule has 3 N–H and O–H groups in total. The third-order valence-corrected chi connectivity index (χ3v) is 4.38. The predicted molar refractivity (Wildman–Crippen MR) is 68.5 cm³/mol.